The molecule has 0 spiro atoms. The van der Waals surface area contributed by atoms with Crippen LogP contribution in [0.15, 0.2) is 109 Å². The van der Waals surface area contributed by atoms with Crippen molar-refractivity contribution < 1.29 is 47.5 Å². The van der Waals surface area contributed by atoms with Crippen LogP contribution in [0.5, 0.6) is 5.75 Å². The van der Waals surface area contributed by atoms with E-state index in [-0.39, 0.29) is 37.6 Å². The number of carbonyl (C=O) groups excluding carboxylic acids is 4. The minimum Gasteiger partial charge on any atom is -0.481 e. The lowest BCUT2D eigenvalue weighted by molar-refractivity contribution is -0.153. The van der Waals surface area contributed by atoms with Gasteiger partial charge in [-0.15, -0.1) is 0 Å². The molecular formula is C41H44BNO10. The average molecular weight is 722 g/mol. The molecule has 53 heavy (non-hydrogen) atoms. The fraction of sp³-hybridized carbons (Fsp3) is 0.317. The number of hydrogen-bond acceptors (Lipinski definition) is 10. The fourth-order valence-corrected chi connectivity index (χ4v) is 5.34. The van der Waals surface area contributed by atoms with Gasteiger partial charge in [0.2, 0.25) is 0 Å². The number of esters is 3. The summed E-state index contributed by atoms with van der Waals surface area (Å²) in [6, 6.07) is 30.7. The van der Waals surface area contributed by atoms with E-state index < -0.39 is 61.0 Å². The highest BCUT2D eigenvalue weighted by molar-refractivity contribution is 6.67. The predicted molar refractivity (Wildman–Crippen MR) is 197 cm³/mol. The summed E-state index contributed by atoms with van der Waals surface area (Å²) in [4.78, 5) is 53.0. The van der Waals surface area contributed by atoms with Crippen molar-refractivity contribution in [3.05, 3.63) is 131 Å². The Hall–Kier alpha value is -5.46. The zero-order valence-corrected chi connectivity index (χ0v) is 30.4. The van der Waals surface area contributed by atoms with Crippen LogP contribution >= 0.6 is 0 Å². The van der Waals surface area contributed by atoms with E-state index in [4.69, 9.17) is 28.3 Å². The van der Waals surface area contributed by atoms with E-state index in [1.165, 1.54) is 6.07 Å². The maximum absolute atomic E-state index is 13.9. The van der Waals surface area contributed by atoms with Gasteiger partial charge < -0.3 is 33.7 Å². The van der Waals surface area contributed by atoms with Crippen LogP contribution in [0.25, 0.3) is 0 Å². The molecule has 5 rings (SSSR count). The molecule has 276 valence electrons. The Kier molecular flexibility index (Phi) is 13.1. The van der Waals surface area contributed by atoms with Gasteiger partial charge in [0.1, 0.15) is 31.6 Å². The topological polar surface area (TPSA) is 136 Å². The second-order valence-corrected chi connectivity index (χ2v) is 13.6. The average Bonchev–Trinajstić information content (AvgIpc) is 3.16. The Morgan fingerprint density at radius 1 is 0.698 bits per heavy atom. The van der Waals surface area contributed by atoms with Crippen molar-refractivity contribution >= 4 is 36.2 Å². The van der Waals surface area contributed by atoms with Crippen LogP contribution in [0.4, 0.5) is 0 Å². The highest BCUT2D eigenvalue weighted by atomic mass is 16.6. The van der Waals surface area contributed by atoms with E-state index in [9.17, 15) is 19.2 Å². The zero-order valence-electron chi connectivity index (χ0n) is 30.4. The second kappa shape index (κ2) is 17.9. The molecule has 4 aromatic rings. The van der Waals surface area contributed by atoms with Gasteiger partial charge >= 0.3 is 24.8 Å². The largest absolute Gasteiger partial charge is 0.481 e. The predicted octanol–water partition coefficient (Wildman–Crippen LogP) is 5.13. The number of amides is 1. The summed E-state index contributed by atoms with van der Waals surface area (Å²) in [6.45, 7) is 6.94. The molecule has 1 heterocycles. The van der Waals surface area contributed by atoms with Gasteiger partial charge in [-0.25, -0.2) is 9.59 Å². The molecule has 1 unspecified atom stereocenters. The number of nitrogens with one attached hydrogen (secondary N) is 1. The molecule has 1 saturated heterocycles. The van der Waals surface area contributed by atoms with Crippen molar-refractivity contribution in [1.29, 1.82) is 0 Å². The number of rotatable bonds is 15. The first-order valence-corrected chi connectivity index (χ1v) is 17.4. The molecule has 1 aliphatic heterocycles. The van der Waals surface area contributed by atoms with Gasteiger partial charge in [0.05, 0.1) is 29.7 Å². The van der Waals surface area contributed by atoms with E-state index in [2.05, 4.69) is 5.32 Å². The third-order valence-corrected chi connectivity index (χ3v) is 9.12. The Morgan fingerprint density at radius 2 is 1.23 bits per heavy atom. The number of benzene rings is 4. The molecule has 0 saturated carbocycles. The molecule has 1 fully saturated rings. The van der Waals surface area contributed by atoms with Gasteiger partial charge in [-0.2, -0.15) is 0 Å². The monoisotopic (exact) mass is 721 g/mol. The number of carbonyl (C=O) groups is 4. The van der Waals surface area contributed by atoms with Crippen LogP contribution in [0.3, 0.4) is 0 Å². The summed E-state index contributed by atoms with van der Waals surface area (Å²) in [7, 11) is 0. The number of ether oxygens (including phenoxy) is 5. The van der Waals surface area contributed by atoms with E-state index in [1.807, 2.05) is 82.3 Å². The molecule has 1 aliphatic rings. The first-order chi connectivity index (χ1) is 25.4. The minimum absolute atomic E-state index is 0.000519. The molecule has 1 amide bonds. The molecule has 1 N–H and O–H groups in total. The summed E-state index contributed by atoms with van der Waals surface area (Å²) < 4.78 is 34.8. The molecule has 0 bridgehead atoms. The van der Waals surface area contributed by atoms with Crippen LogP contribution in [0.2, 0.25) is 0 Å². The van der Waals surface area contributed by atoms with Crippen molar-refractivity contribution in [2.45, 2.75) is 71.2 Å². The van der Waals surface area contributed by atoms with E-state index >= 15 is 0 Å². The highest BCUT2D eigenvalue weighted by Crippen LogP contribution is 2.33. The molecule has 1 atom stereocenters. The van der Waals surface area contributed by atoms with Crippen LogP contribution in [-0.4, -0.2) is 61.1 Å². The lowest BCUT2D eigenvalue weighted by atomic mass is 9.59. The molecule has 12 heteroatoms. The standard InChI is InChI=1S/C41H44BNO10/c1-40(2)41(3,4)53-42(28-52-40)32-20-21-33(35(22-32)48-27-37(45)50-25-30-16-10-6-11-17-30)38(46)43-34(39(47)51-26-31-18-12-7-13-19-31)23-36(44)49-24-29-14-8-5-9-15-29/h5-22,34H,23-28H2,1-4H3,(H,43,46). The third kappa shape index (κ3) is 11.0. The Bertz CT molecular complexity index is 1850. The summed E-state index contributed by atoms with van der Waals surface area (Å²) in [5, 5.41) is 2.63. The first kappa shape index (κ1) is 38.8. The van der Waals surface area contributed by atoms with Crippen molar-refractivity contribution in [2.75, 3.05) is 13.1 Å². The van der Waals surface area contributed by atoms with Crippen molar-refractivity contribution in [2.24, 2.45) is 0 Å². The van der Waals surface area contributed by atoms with Crippen molar-refractivity contribution in [1.82, 2.24) is 5.32 Å². The van der Waals surface area contributed by atoms with Gasteiger partial charge in [0.25, 0.3) is 5.91 Å². The summed E-state index contributed by atoms with van der Waals surface area (Å²) in [5.74, 6) is -2.92. The molecule has 0 radical (unpaired) electrons. The van der Waals surface area contributed by atoms with Crippen LogP contribution in [-0.2, 0) is 57.8 Å². The molecular weight excluding hydrogens is 677 g/mol. The van der Waals surface area contributed by atoms with Gasteiger partial charge in [-0.05, 0) is 62.0 Å². The molecule has 4 aromatic carbocycles. The molecule has 0 aromatic heterocycles. The highest BCUT2D eigenvalue weighted by Gasteiger charge is 2.47. The summed E-state index contributed by atoms with van der Waals surface area (Å²) in [6.07, 6.45) is -0.496. The fourth-order valence-electron chi connectivity index (χ4n) is 5.34. The van der Waals surface area contributed by atoms with Gasteiger partial charge in [-0.1, -0.05) is 97.1 Å². The Labute approximate surface area is 310 Å². The second-order valence-electron chi connectivity index (χ2n) is 13.6. The lowest BCUT2D eigenvalue weighted by Crippen LogP contribution is -2.61. The van der Waals surface area contributed by atoms with Crippen molar-refractivity contribution in [3.8, 4) is 5.75 Å². The lowest BCUT2D eigenvalue weighted by Gasteiger charge is -2.47. The SMILES string of the molecule is CC1(C)OCB(c2ccc(C(=O)NC(CC(=O)OCc3ccccc3)C(=O)OCc3ccccc3)c(OCC(=O)OCc3ccccc3)c2)OC1(C)C. The van der Waals surface area contributed by atoms with E-state index in [0.29, 0.717) is 5.46 Å². The Balaban J connectivity index is 1.35. The van der Waals surface area contributed by atoms with Crippen LogP contribution in [0, 0.1) is 0 Å². The third-order valence-electron chi connectivity index (χ3n) is 9.12. The first-order valence-electron chi connectivity index (χ1n) is 17.4. The minimum atomic E-state index is -1.41. The van der Waals surface area contributed by atoms with Crippen LogP contribution < -0.4 is 15.5 Å². The van der Waals surface area contributed by atoms with Crippen molar-refractivity contribution in [3.63, 3.8) is 0 Å². The maximum Gasteiger partial charge on any atom is 0.354 e. The smallest absolute Gasteiger partial charge is 0.354 e. The van der Waals surface area contributed by atoms with Gasteiger partial charge in [0.15, 0.2) is 6.61 Å². The zero-order chi connectivity index (χ0) is 37.8. The summed E-state index contributed by atoms with van der Waals surface area (Å²) >= 11 is 0. The normalized spacial score (nSPS) is 15.1. The van der Waals surface area contributed by atoms with Crippen LogP contribution in [0.1, 0.15) is 61.2 Å². The number of hydrogen-bond donors (Lipinski definition) is 1. The van der Waals surface area contributed by atoms with E-state index in [0.717, 1.165) is 16.7 Å². The molecule has 0 aliphatic carbocycles. The Morgan fingerprint density at radius 3 is 1.77 bits per heavy atom. The molecule has 11 nitrogen and oxygen atoms in total. The van der Waals surface area contributed by atoms with Gasteiger partial charge in [-0.3, -0.25) is 9.59 Å². The van der Waals surface area contributed by atoms with E-state index in [1.54, 1.807) is 48.5 Å². The summed E-state index contributed by atoms with van der Waals surface area (Å²) in [5.41, 5.74) is 1.71. The quantitative estimate of drug-likeness (QED) is 0.100. The maximum atomic E-state index is 13.9. The van der Waals surface area contributed by atoms with Gasteiger partial charge in [0, 0.05) is 0 Å².